The molecule has 0 amide bonds. The van der Waals surface area contributed by atoms with Crippen LogP contribution in [0.5, 0.6) is 0 Å². The normalized spacial score (nSPS) is 40.7. The molecule has 5 unspecified atom stereocenters. The maximum atomic E-state index is 5.70. The fourth-order valence-corrected chi connectivity index (χ4v) is 3.63. The van der Waals surface area contributed by atoms with Crippen molar-refractivity contribution in [2.45, 2.75) is 65.1 Å². The van der Waals surface area contributed by atoms with E-state index in [1.807, 2.05) is 0 Å². The Hall–Kier alpha value is -0.120. The van der Waals surface area contributed by atoms with Gasteiger partial charge in [0.1, 0.15) is 0 Å². The number of nitrogens with zero attached hydrogens (tertiary/aromatic N) is 1. The largest absolute Gasteiger partial charge is 0.378 e. The lowest BCUT2D eigenvalue weighted by Crippen LogP contribution is -2.54. The predicted octanol–water partition coefficient (Wildman–Crippen LogP) is 2.51. The summed E-state index contributed by atoms with van der Waals surface area (Å²) in [5.74, 6) is 1.49. The van der Waals surface area contributed by atoms with E-state index in [2.05, 4.69) is 37.9 Å². The standard InChI is InChI=1S/C16H32N2O/c1-5-8-17-16-6-9-18(13(3)12(16)2)11-15-7-10-19-14(15)4/h12-17H,5-11H2,1-4H3. The van der Waals surface area contributed by atoms with Crippen molar-refractivity contribution in [3.8, 4) is 0 Å². The van der Waals surface area contributed by atoms with Gasteiger partial charge in [0.05, 0.1) is 6.10 Å². The Kier molecular flexibility index (Phi) is 5.67. The Morgan fingerprint density at radius 3 is 2.63 bits per heavy atom. The summed E-state index contributed by atoms with van der Waals surface area (Å²) in [6, 6.07) is 1.40. The lowest BCUT2D eigenvalue weighted by Gasteiger charge is -2.44. The molecule has 0 aromatic carbocycles. The summed E-state index contributed by atoms with van der Waals surface area (Å²) in [4.78, 5) is 2.70. The molecule has 0 spiro atoms. The van der Waals surface area contributed by atoms with Crippen LogP contribution in [0, 0.1) is 11.8 Å². The molecule has 2 rings (SSSR count). The van der Waals surface area contributed by atoms with E-state index in [9.17, 15) is 0 Å². The molecule has 2 fully saturated rings. The molecule has 0 aliphatic carbocycles. The number of hydrogen-bond donors (Lipinski definition) is 1. The molecule has 2 heterocycles. The molecule has 5 atom stereocenters. The van der Waals surface area contributed by atoms with Crippen LogP contribution >= 0.6 is 0 Å². The Bertz CT molecular complexity index is 271. The van der Waals surface area contributed by atoms with Crippen molar-refractivity contribution in [2.75, 3.05) is 26.2 Å². The number of rotatable bonds is 5. The molecule has 2 aliphatic rings. The molecule has 0 saturated carbocycles. The van der Waals surface area contributed by atoms with Gasteiger partial charge in [0, 0.05) is 25.2 Å². The minimum absolute atomic E-state index is 0.457. The van der Waals surface area contributed by atoms with Crippen LogP contribution in [0.2, 0.25) is 0 Å². The first-order valence-electron chi connectivity index (χ1n) is 8.22. The van der Waals surface area contributed by atoms with Crippen LogP contribution in [0.15, 0.2) is 0 Å². The second-order valence-electron chi connectivity index (χ2n) is 6.57. The Balaban J connectivity index is 1.84. The van der Waals surface area contributed by atoms with Crippen LogP contribution in [-0.2, 0) is 4.74 Å². The molecule has 3 nitrogen and oxygen atoms in total. The third-order valence-corrected chi connectivity index (χ3v) is 5.36. The number of hydrogen-bond acceptors (Lipinski definition) is 3. The van der Waals surface area contributed by atoms with Crippen molar-refractivity contribution in [2.24, 2.45) is 11.8 Å². The highest BCUT2D eigenvalue weighted by molar-refractivity contribution is 4.90. The summed E-state index contributed by atoms with van der Waals surface area (Å²) in [6.45, 7) is 13.9. The maximum Gasteiger partial charge on any atom is 0.0588 e. The van der Waals surface area contributed by atoms with Crippen LogP contribution in [0.3, 0.4) is 0 Å². The minimum atomic E-state index is 0.457. The van der Waals surface area contributed by atoms with E-state index < -0.39 is 0 Å². The topological polar surface area (TPSA) is 24.5 Å². The molecule has 112 valence electrons. The Morgan fingerprint density at radius 2 is 2.00 bits per heavy atom. The van der Waals surface area contributed by atoms with Crippen molar-refractivity contribution in [1.82, 2.24) is 10.2 Å². The van der Waals surface area contributed by atoms with Crippen molar-refractivity contribution in [1.29, 1.82) is 0 Å². The van der Waals surface area contributed by atoms with Gasteiger partial charge < -0.3 is 10.1 Å². The highest BCUT2D eigenvalue weighted by Crippen LogP contribution is 2.28. The lowest BCUT2D eigenvalue weighted by atomic mass is 9.86. The second kappa shape index (κ2) is 7.05. The monoisotopic (exact) mass is 268 g/mol. The first kappa shape index (κ1) is 15.3. The second-order valence-corrected chi connectivity index (χ2v) is 6.57. The maximum absolute atomic E-state index is 5.70. The molecule has 3 heteroatoms. The molecule has 2 aliphatic heterocycles. The first-order valence-corrected chi connectivity index (χ1v) is 8.22. The van der Waals surface area contributed by atoms with Gasteiger partial charge in [0.2, 0.25) is 0 Å². The van der Waals surface area contributed by atoms with Gasteiger partial charge in [-0.05, 0) is 58.0 Å². The van der Waals surface area contributed by atoms with Gasteiger partial charge in [-0.3, -0.25) is 4.90 Å². The summed E-state index contributed by atoms with van der Waals surface area (Å²) in [5.41, 5.74) is 0. The molecule has 2 saturated heterocycles. The fourth-order valence-electron chi connectivity index (χ4n) is 3.63. The SMILES string of the molecule is CCCNC1CCN(CC2CCOC2C)C(C)C1C. The van der Waals surface area contributed by atoms with Crippen molar-refractivity contribution in [3.63, 3.8) is 0 Å². The van der Waals surface area contributed by atoms with Crippen LogP contribution in [0.25, 0.3) is 0 Å². The van der Waals surface area contributed by atoms with Crippen molar-refractivity contribution in [3.05, 3.63) is 0 Å². The summed E-state index contributed by atoms with van der Waals surface area (Å²) >= 11 is 0. The Labute approximate surface area is 119 Å². The lowest BCUT2D eigenvalue weighted by molar-refractivity contribution is 0.0479. The van der Waals surface area contributed by atoms with Crippen LogP contribution in [-0.4, -0.2) is 49.3 Å². The van der Waals surface area contributed by atoms with Gasteiger partial charge >= 0.3 is 0 Å². The zero-order valence-corrected chi connectivity index (χ0v) is 13.2. The predicted molar refractivity (Wildman–Crippen MR) is 80.4 cm³/mol. The van der Waals surface area contributed by atoms with Gasteiger partial charge in [-0.15, -0.1) is 0 Å². The average molecular weight is 268 g/mol. The van der Waals surface area contributed by atoms with E-state index in [1.54, 1.807) is 0 Å². The van der Waals surface area contributed by atoms with Crippen LogP contribution < -0.4 is 5.32 Å². The smallest absolute Gasteiger partial charge is 0.0588 e. The Morgan fingerprint density at radius 1 is 1.21 bits per heavy atom. The molecule has 0 aromatic heterocycles. The van der Waals surface area contributed by atoms with Gasteiger partial charge in [-0.2, -0.15) is 0 Å². The van der Waals surface area contributed by atoms with E-state index in [1.165, 1.54) is 32.4 Å². The van der Waals surface area contributed by atoms with Gasteiger partial charge in [0.25, 0.3) is 0 Å². The zero-order chi connectivity index (χ0) is 13.8. The summed E-state index contributed by atoms with van der Waals surface area (Å²) < 4.78 is 5.70. The number of piperidine rings is 1. The number of likely N-dealkylation sites (tertiary alicyclic amines) is 1. The van der Waals surface area contributed by atoms with E-state index in [-0.39, 0.29) is 0 Å². The van der Waals surface area contributed by atoms with E-state index in [0.29, 0.717) is 18.2 Å². The number of nitrogens with one attached hydrogen (secondary N) is 1. The quantitative estimate of drug-likeness (QED) is 0.829. The molecule has 0 radical (unpaired) electrons. The van der Waals surface area contributed by atoms with Crippen LogP contribution in [0.4, 0.5) is 0 Å². The van der Waals surface area contributed by atoms with E-state index >= 15 is 0 Å². The molecule has 1 N–H and O–H groups in total. The van der Waals surface area contributed by atoms with Crippen molar-refractivity contribution >= 4 is 0 Å². The summed E-state index contributed by atoms with van der Waals surface area (Å²) in [6.07, 6.45) is 4.24. The fraction of sp³-hybridized carbons (Fsp3) is 1.00. The van der Waals surface area contributed by atoms with Gasteiger partial charge in [-0.1, -0.05) is 13.8 Å². The highest BCUT2D eigenvalue weighted by atomic mass is 16.5. The van der Waals surface area contributed by atoms with E-state index in [0.717, 1.165) is 25.0 Å². The van der Waals surface area contributed by atoms with Crippen molar-refractivity contribution < 1.29 is 4.74 Å². The molecule has 0 aromatic rings. The van der Waals surface area contributed by atoms with Gasteiger partial charge in [0.15, 0.2) is 0 Å². The third-order valence-electron chi connectivity index (χ3n) is 5.36. The van der Waals surface area contributed by atoms with E-state index in [4.69, 9.17) is 4.74 Å². The molecule has 19 heavy (non-hydrogen) atoms. The molecule has 0 bridgehead atoms. The summed E-state index contributed by atoms with van der Waals surface area (Å²) in [5, 5.41) is 3.72. The van der Waals surface area contributed by atoms with Crippen LogP contribution in [0.1, 0.15) is 47.0 Å². The number of ether oxygens (including phenoxy) is 1. The first-order chi connectivity index (χ1) is 9.13. The zero-order valence-electron chi connectivity index (χ0n) is 13.2. The molecular weight excluding hydrogens is 236 g/mol. The minimum Gasteiger partial charge on any atom is -0.378 e. The average Bonchev–Trinajstić information content (AvgIpc) is 2.80. The van der Waals surface area contributed by atoms with Gasteiger partial charge in [-0.25, -0.2) is 0 Å². The third kappa shape index (κ3) is 3.71. The summed E-state index contributed by atoms with van der Waals surface area (Å²) in [7, 11) is 0. The highest BCUT2D eigenvalue weighted by Gasteiger charge is 2.35. The molecular formula is C16H32N2O.